The Hall–Kier alpha value is -1.76. The lowest BCUT2D eigenvalue weighted by molar-refractivity contribution is 0.426. The van der Waals surface area contributed by atoms with Crippen molar-refractivity contribution in [3.05, 3.63) is 54.3 Å². The maximum absolute atomic E-state index is 5.72. The van der Waals surface area contributed by atoms with E-state index in [1.807, 2.05) is 25.1 Å². The van der Waals surface area contributed by atoms with E-state index in [1.165, 1.54) is 10.8 Å². The molecule has 2 aromatic carbocycles. The van der Waals surface area contributed by atoms with Gasteiger partial charge in [0.25, 0.3) is 0 Å². The number of fused-ring (bicyclic) bond motifs is 1. The molecule has 2 aromatic rings. The molecule has 1 nitrogen and oxygen atoms in total. The summed E-state index contributed by atoms with van der Waals surface area (Å²) in [6.45, 7) is 4.09. The summed E-state index contributed by atoms with van der Waals surface area (Å²) < 4.78 is 5.72. The van der Waals surface area contributed by atoms with Crippen LogP contribution in [0.15, 0.2) is 54.3 Å². The number of benzene rings is 2. The molecule has 16 heavy (non-hydrogen) atoms. The second-order valence-corrected chi connectivity index (χ2v) is 3.83. The summed E-state index contributed by atoms with van der Waals surface area (Å²) in [4.78, 5) is 0. The van der Waals surface area contributed by atoms with E-state index < -0.39 is 0 Å². The number of allylic oxidation sites excluding steroid dienone is 2. The first-order valence-corrected chi connectivity index (χ1v) is 5.63. The maximum Gasteiger partial charge on any atom is 0.127 e. The van der Waals surface area contributed by atoms with E-state index in [0.717, 1.165) is 17.9 Å². The normalized spacial score (nSPS) is 11.8. The van der Waals surface area contributed by atoms with Crippen LogP contribution < -0.4 is 4.74 Å². The van der Waals surface area contributed by atoms with Crippen molar-refractivity contribution in [1.82, 2.24) is 0 Å². The molecule has 0 fully saturated rings. The molecule has 1 heteroatoms. The summed E-state index contributed by atoms with van der Waals surface area (Å²) >= 11 is 0. The fourth-order valence-electron chi connectivity index (χ4n) is 1.75. The SMILES string of the molecule is CCC=C(C)Oc1ccc2ccccc2c1. The molecular weight excluding hydrogens is 196 g/mol. The average molecular weight is 212 g/mol. The van der Waals surface area contributed by atoms with Gasteiger partial charge in [-0.1, -0.05) is 37.3 Å². The molecule has 2 rings (SSSR count). The van der Waals surface area contributed by atoms with Crippen LogP contribution in [0.4, 0.5) is 0 Å². The Morgan fingerprint density at radius 2 is 1.88 bits per heavy atom. The second-order valence-electron chi connectivity index (χ2n) is 3.83. The van der Waals surface area contributed by atoms with Gasteiger partial charge in [0.15, 0.2) is 0 Å². The molecule has 0 bridgehead atoms. The molecule has 0 saturated heterocycles. The summed E-state index contributed by atoms with van der Waals surface area (Å²) in [5.41, 5.74) is 0. The zero-order valence-corrected chi connectivity index (χ0v) is 9.73. The summed E-state index contributed by atoms with van der Waals surface area (Å²) in [6, 6.07) is 14.5. The molecule has 0 atom stereocenters. The summed E-state index contributed by atoms with van der Waals surface area (Å²) in [5.74, 6) is 1.86. The Morgan fingerprint density at radius 3 is 2.62 bits per heavy atom. The van der Waals surface area contributed by atoms with Crippen LogP contribution in [0, 0.1) is 0 Å². The standard InChI is InChI=1S/C15H16O/c1-3-6-12(2)16-15-10-9-13-7-4-5-8-14(13)11-15/h4-11H,3H2,1-2H3. The van der Waals surface area contributed by atoms with Crippen molar-refractivity contribution in [2.75, 3.05) is 0 Å². The van der Waals surface area contributed by atoms with Crippen molar-refractivity contribution >= 4 is 10.8 Å². The Morgan fingerprint density at radius 1 is 1.12 bits per heavy atom. The fourth-order valence-corrected chi connectivity index (χ4v) is 1.75. The molecule has 0 aliphatic rings. The summed E-state index contributed by atoms with van der Waals surface area (Å²) in [5, 5.41) is 2.45. The van der Waals surface area contributed by atoms with E-state index >= 15 is 0 Å². The van der Waals surface area contributed by atoms with Gasteiger partial charge in [-0.25, -0.2) is 0 Å². The van der Waals surface area contributed by atoms with E-state index in [4.69, 9.17) is 4.74 Å². The third kappa shape index (κ3) is 2.43. The molecule has 0 spiro atoms. The van der Waals surface area contributed by atoms with E-state index in [0.29, 0.717) is 0 Å². The molecule has 0 aliphatic carbocycles. The van der Waals surface area contributed by atoms with Gasteiger partial charge in [-0.2, -0.15) is 0 Å². The second kappa shape index (κ2) is 4.84. The third-order valence-corrected chi connectivity index (χ3v) is 2.49. The maximum atomic E-state index is 5.72. The molecule has 0 unspecified atom stereocenters. The van der Waals surface area contributed by atoms with Crippen molar-refractivity contribution in [1.29, 1.82) is 0 Å². The first-order valence-electron chi connectivity index (χ1n) is 5.63. The van der Waals surface area contributed by atoms with Gasteiger partial charge < -0.3 is 4.74 Å². The lowest BCUT2D eigenvalue weighted by Crippen LogP contribution is -1.90. The Bertz CT molecular complexity index is 512. The highest BCUT2D eigenvalue weighted by molar-refractivity contribution is 5.83. The number of hydrogen-bond acceptors (Lipinski definition) is 1. The quantitative estimate of drug-likeness (QED) is 0.679. The molecular formula is C15H16O. The van der Waals surface area contributed by atoms with Gasteiger partial charge in [0.05, 0.1) is 5.76 Å². The van der Waals surface area contributed by atoms with Gasteiger partial charge in [-0.05, 0) is 42.3 Å². The average Bonchev–Trinajstić information content (AvgIpc) is 2.29. The van der Waals surface area contributed by atoms with E-state index in [1.54, 1.807) is 0 Å². The van der Waals surface area contributed by atoms with Crippen LogP contribution in [0.5, 0.6) is 5.75 Å². The molecule has 0 aliphatic heterocycles. The molecule has 0 heterocycles. The molecule has 0 amide bonds. The fraction of sp³-hybridized carbons (Fsp3) is 0.200. The zero-order valence-electron chi connectivity index (χ0n) is 9.73. The highest BCUT2D eigenvalue weighted by Crippen LogP contribution is 2.21. The van der Waals surface area contributed by atoms with Crippen molar-refractivity contribution in [3.8, 4) is 5.75 Å². The topological polar surface area (TPSA) is 9.23 Å². The van der Waals surface area contributed by atoms with Gasteiger partial charge in [0.1, 0.15) is 5.75 Å². The highest BCUT2D eigenvalue weighted by atomic mass is 16.5. The molecule has 0 radical (unpaired) electrons. The van der Waals surface area contributed by atoms with Crippen LogP contribution >= 0.6 is 0 Å². The molecule has 0 aromatic heterocycles. The predicted octanol–water partition coefficient (Wildman–Crippen LogP) is 4.53. The minimum absolute atomic E-state index is 0.904. The lowest BCUT2D eigenvalue weighted by atomic mass is 10.1. The number of rotatable bonds is 3. The summed E-state index contributed by atoms with van der Waals surface area (Å²) in [7, 11) is 0. The lowest BCUT2D eigenvalue weighted by Gasteiger charge is -2.06. The van der Waals surface area contributed by atoms with Gasteiger partial charge in [0, 0.05) is 0 Å². The molecule has 0 saturated carbocycles. The first kappa shape index (κ1) is 10.7. The molecule has 82 valence electrons. The van der Waals surface area contributed by atoms with Crippen molar-refractivity contribution in [2.24, 2.45) is 0 Å². The highest BCUT2D eigenvalue weighted by Gasteiger charge is 1.97. The minimum Gasteiger partial charge on any atom is -0.462 e. The molecule has 0 N–H and O–H groups in total. The van der Waals surface area contributed by atoms with Crippen molar-refractivity contribution in [2.45, 2.75) is 20.3 Å². The van der Waals surface area contributed by atoms with Gasteiger partial charge in [-0.3, -0.25) is 0 Å². The van der Waals surface area contributed by atoms with Crippen LogP contribution in [0.3, 0.4) is 0 Å². The smallest absolute Gasteiger partial charge is 0.127 e. The Labute approximate surface area is 96.4 Å². The monoisotopic (exact) mass is 212 g/mol. The first-order chi connectivity index (χ1) is 7.79. The summed E-state index contributed by atoms with van der Waals surface area (Å²) in [6.07, 6.45) is 3.08. The van der Waals surface area contributed by atoms with Gasteiger partial charge >= 0.3 is 0 Å². The zero-order chi connectivity index (χ0) is 11.4. The third-order valence-electron chi connectivity index (χ3n) is 2.49. The van der Waals surface area contributed by atoms with Crippen LogP contribution in [-0.2, 0) is 0 Å². The van der Waals surface area contributed by atoms with Gasteiger partial charge in [-0.15, -0.1) is 0 Å². The van der Waals surface area contributed by atoms with Crippen LogP contribution in [0.1, 0.15) is 20.3 Å². The van der Waals surface area contributed by atoms with Crippen molar-refractivity contribution < 1.29 is 4.74 Å². The minimum atomic E-state index is 0.904. The van der Waals surface area contributed by atoms with Gasteiger partial charge in [0.2, 0.25) is 0 Å². The van der Waals surface area contributed by atoms with E-state index in [-0.39, 0.29) is 0 Å². The van der Waals surface area contributed by atoms with Crippen LogP contribution in [0.25, 0.3) is 10.8 Å². The number of ether oxygens (including phenoxy) is 1. The Balaban J connectivity index is 2.29. The largest absolute Gasteiger partial charge is 0.462 e. The van der Waals surface area contributed by atoms with Crippen molar-refractivity contribution in [3.63, 3.8) is 0 Å². The van der Waals surface area contributed by atoms with E-state index in [9.17, 15) is 0 Å². The van der Waals surface area contributed by atoms with E-state index in [2.05, 4.69) is 37.3 Å². The number of hydrogen-bond donors (Lipinski definition) is 0. The van der Waals surface area contributed by atoms with Crippen LogP contribution in [0.2, 0.25) is 0 Å². The predicted molar refractivity (Wildman–Crippen MR) is 68.6 cm³/mol. The van der Waals surface area contributed by atoms with Crippen LogP contribution in [-0.4, -0.2) is 0 Å². The Kier molecular flexibility index (Phi) is 3.25.